The first-order valence-electron chi connectivity index (χ1n) is 5.09. The minimum atomic E-state index is -0.447. The number of carbonyl (C=O) groups is 1. The van der Waals surface area contributed by atoms with Gasteiger partial charge in [0.1, 0.15) is 5.60 Å². The van der Waals surface area contributed by atoms with Gasteiger partial charge in [0.25, 0.3) is 0 Å². The summed E-state index contributed by atoms with van der Waals surface area (Å²) >= 11 is 1.97. The Morgan fingerprint density at radius 2 is 1.88 bits per heavy atom. The minimum absolute atomic E-state index is 0.308. The standard InChI is InChI=1S/C12H16INO2/c1-12(2,3)16-11(15)14(13)9-10-7-5-4-6-8-10/h4-8H,9H2,1-3H3. The monoisotopic (exact) mass is 333 g/mol. The Bertz CT molecular complexity index is 346. The van der Waals surface area contributed by atoms with E-state index < -0.39 is 5.60 Å². The summed E-state index contributed by atoms with van der Waals surface area (Å²) in [6.45, 7) is 6.13. The molecule has 0 heterocycles. The summed E-state index contributed by atoms with van der Waals surface area (Å²) < 4.78 is 6.79. The van der Waals surface area contributed by atoms with Gasteiger partial charge in [0.2, 0.25) is 0 Å². The molecule has 0 fully saturated rings. The van der Waals surface area contributed by atoms with Gasteiger partial charge < -0.3 is 4.74 Å². The summed E-state index contributed by atoms with van der Waals surface area (Å²) in [5.74, 6) is 0. The van der Waals surface area contributed by atoms with Crippen molar-refractivity contribution in [3.8, 4) is 0 Å². The molecule has 0 aliphatic rings. The van der Waals surface area contributed by atoms with E-state index in [0.717, 1.165) is 5.56 Å². The summed E-state index contributed by atoms with van der Waals surface area (Å²) in [6.07, 6.45) is -0.308. The Kier molecular flexibility index (Phi) is 4.58. The van der Waals surface area contributed by atoms with Crippen molar-refractivity contribution in [2.24, 2.45) is 0 Å². The van der Waals surface area contributed by atoms with Gasteiger partial charge >= 0.3 is 6.09 Å². The van der Waals surface area contributed by atoms with Crippen LogP contribution in [0, 0.1) is 0 Å². The number of nitrogens with zero attached hydrogens (tertiary/aromatic N) is 1. The van der Waals surface area contributed by atoms with Crippen molar-refractivity contribution in [2.45, 2.75) is 32.9 Å². The van der Waals surface area contributed by atoms with Crippen molar-refractivity contribution in [3.63, 3.8) is 0 Å². The van der Waals surface area contributed by atoms with Gasteiger partial charge in [-0.3, -0.25) is 0 Å². The quantitative estimate of drug-likeness (QED) is 0.609. The lowest BCUT2D eigenvalue weighted by Crippen LogP contribution is -2.30. The molecule has 0 radical (unpaired) electrons. The number of amides is 1. The molecule has 3 nitrogen and oxygen atoms in total. The van der Waals surface area contributed by atoms with Crippen LogP contribution < -0.4 is 0 Å². The van der Waals surface area contributed by atoms with Crippen LogP contribution in [-0.4, -0.2) is 14.8 Å². The van der Waals surface area contributed by atoms with E-state index in [9.17, 15) is 4.79 Å². The molecular formula is C12H16INO2. The maximum absolute atomic E-state index is 11.7. The average molecular weight is 333 g/mol. The molecule has 0 bridgehead atoms. The predicted molar refractivity (Wildman–Crippen MR) is 72.2 cm³/mol. The highest BCUT2D eigenvalue weighted by atomic mass is 127. The zero-order valence-electron chi connectivity index (χ0n) is 9.74. The Morgan fingerprint density at radius 1 is 1.31 bits per heavy atom. The Hall–Kier alpha value is -0.780. The molecule has 0 unspecified atom stereocenters. The Balaban J connectivity index is 2.53. The van der Waals surface area contributed by atoms with Crippen LogP contribution >= 0.6 is 22.9 Å². The molecule has 0 aliphatic heterocycles. The Labute approximate surface area is 110 Å². The maximum atomic E-state index is 11.7. The molecule has 1 rings (SSSR count). The van der Waals surface area contributed by atoms with Crippen LogP contribution in [0.1, 0.15) is 26.3 Å². The lowest BCUT2D eigenvalue weighted by Gasteiger charge is -2.23. The van der Waals surface area contributed by atoms with Crippen molar-refractivity contribution < 1.29 is 9.53 Å². The van der Waals surface area contributed by atoms with Gasteiger partial charge in [-0.25, -0.2) is 7.91 Å². The lowest BCUT2D eigenvalue weighted by molar-refractivity contribution is 0.0421. The largest absolute Gasteiger partial charge is 0.443 e. The van der Waals surface area contributed by atoms with Gasteiger partial charge in [0, 0.05) is 0 Å². The summed E-state index contributed by atoms with van der Waals surface area (Å²) in [6, 6.07) is 9.82. The van der Waals surface area contributed by atoms with Crippen molar-refractivity contribution in [1.82, 2.24) is 3.11 Å². The van der Waals surface area contributed by atoms with Crippen molar-refractivity contribution in [2.75, 3.05) is 0 Å². The van der Waals surface area contributed by atoms with Gasteiger partial charge in [-0.05, 0) is 26.3 Å². The zero-order valence-corrected chi connectivity index (χ0v) is 11.9. The number of halogens is 1. The average Bonchev–Trinajstić information content (AvgIpc) is 2.16. The second-order valence-corrected chi connectivity index (χ2v) is 5.65. The van der Waals surface area contributed by atoms with Crippen LogP contribution in [0.15, 0.2) is 30.3 Å². The molecule has 1 aromatic carbocycles. The molecule has 0 atom stereocenters. The van der Waals surface area contributed by atoms with Crippen LogP contribution in [0.2, 0.25) is 0 Å². The van der Waals surface area contributed by atoms with Crippen LogP contribution in [0.25, 0.3) is 0 Å². The number of ether oxygens (including phenoxy) is 1. The van der Waals surface area contributed by atoms with Crippen molar-refractivity contribution in [3.05, 3.63) is 35.9 Å². The fraction of sp³-hybridized carbons (Fsp3) is 0.417. The topological polar surface area (TPSA) is 29.5 Å². The number of carbonyl (C=O) groups excluding carboxylic acids is 1. The number of benzene rings is 1. The third-order valence-electron chi connectivity index (χ3n) is 1.76. The normalized spacial score (nSPS) is 11.0. The van der Waals surface area contributed by atoms with E-state index in [1.54, 1.807) is 3.11 Å². The lowest BCUT2D eigenvalue weighted by atomic mass is 10.2. The van der Waals surface area contributed by atoms with Gasteiger partial charge in [0.05, 0.1) is 29.4 Å². The van der Waals surface area contributed by atoms with E-state index in [1.807, 2.05) is 74.0 Å². The third-order valence-corrected chi connectivity index (χ3v) is 2.49. The highest BCUT2D eigenvalue weighted by Crippen LogP contribution is 2.15. The van der Waals surface area contributed by atoms with Gasteiger partial charge in [0.15, 0.2) is 0 Å². The smallest absolute Gasteiger partial charge is 0.419 e. The van der Waals surface area contributed by atoms with E-state index in [1.165, 1.54) is 0 Å². The molecule has 0 N–H and O–H groups in total. The summed E-state index contributed by atoms with van der Waals surface area (Å²) in [7, 11) is 0. The van der Waals surface area contributed by atoms with E-state index >= 15 is 0 Å². The number of hydrogen-bond donors (Lipinski definition) is 0. The van der Waals surface area contributed by atoms with Gasteiger partial charge in [-0.1, -0.05) is 30.3 Å². The highest BCUT2D eigenvalue weighted by molar-refractivity contribution is 14.1. The maximum Gasteiger partial charge on any atom is 0.419 e. The fourth-order valence-electron chi connectivity index (χ4n) is 1.12. The first-order valence-corrected chi connectivity index (χ1v) is 6.05. The highest BCUT2D eigenvalue weighted by Gasteiger charge is 2.20. The molecule has 4 heteroatoms. The third kappa shape index (κ3) is 4.83. The first-order chi connectivity index (χ1) is 7.38. The predicted octanol–water partition coefficient (Wildman–Crippen LogP) is 3.77. The van der Waals surface area contributed by atoms with E-state index in [0.29, 0.717) is 6.54 Å². The first kappa shape index (κ1) is 13.3. The zero-order chi connectivity index (χ0) is 12.2. The molecule has 0 aliphatic carbocycles. The van der Waals surface area contributed by atoms with E-state index in [2.05, 4.69) is 0 Å². The molecule has 16 heavy (non-hydrogen) atoms. The molecule has 0 saturated carbocycles. The number of rotatable bonds is 2. The van der Waals surface area contributed by atoms with Crippen LogP contribution in [0.5, 0.6) is 0 Å². The van der Waals surface area contributed by atoms with Gasteiger partial charge in [-0.15, -0.1) is 0 Å². The molecule has 1 aromatic rings. The molecule has 0 aromatic heterocycles. The molecule has 1 amide bonds. The van der Waals surface area contributed by atoms with Crippen molar-refractivity contribution in [1.29, 1.82) is 0 Å². The van der Waals surface area contributed by atoms with Crippen LogP contribution in [0.4, 0.5) is 4.79 Å². The minimum Gasteiger partial charge on any atom is -0.443 e. The molecular weight excluding hydrogens is 317 g/mol. The summed E-state index contributed by atoms with van der Waals surface area (Å²) in [5, 5.41) is 0. The second kappa shape index (κ2) is 5.52. The summed E-state index contributed by atoms with van der Waals surface area (Å²) in [5.41, 5.74) is 0.639. The SMILES string of the molecule is CC(C)(C)OC(=O)N(I)Cc1ccccc1. The Morgan fingerprint density at radius 3 is 2.38 bits per heavy atom. The number of hydrogen-bond acceptors (Lipinski definition) is 2. The van der Waals surface area contributed by atoms with Crippen LogP contribution in [0.3, 0.4) is 0 Å². The van der Waals surface area contributed by atoms with Crippen molar-refractivity contribution >= 4 is 29.0 Å². The fourth-order valence-corrected chi connectivity index (χ4v) is 1.61. The summed E-state index contributed by atoms with van der Waals surface area (Å²) in [4.78, 5) is 11.7. The van der Waals surface area contributed by atoms with E-state index in [-0.39, 0.29) is 6.09 Å². The molecule has 0 spiro atoms. The van der Waals surface area contributed by atoms with Gasteiger partial charge in [-0.2, -0.15) is 0 Å². The van der Waals surface area contributed by atoms with Crippen LogP contribution in [-0.2, 0) is 11.3 Å². The van der Waals surface area contributed by atoms with E-state index in [4.69, 9.17) is 4.74 Å². The molecule has 88 valence electrons. The second-order valence-electron chi connectivity index (χ2n) is 4.49. The molecule has 0 saturated heterocycles.